The van der Waals surface area contributed by atoms with Gasteiger partial charge in [-0.1, -0.05) is 29.8 Å². The van der Waals surface area contributed by atoms with Gasteiger partial charge in [-0.15, -0.1) is 0 Å². The number of hydrogen-bond donors (Lipinski definition) is 1. The van der Waals surface area contributed by atoms with E-state index in [4.69, 9.17) is 4.74 Å². The van der Waals surface area contributed by atoms with Gasteiger partial charge in [-0.25, -0.2) is 23.0 Å². The van der Waals surface area contributed by atoms with Crippen LogP contribution in [0.15, 0.2) is 53.5 Å². The number of hydrogen-bond acceptors (Lipinski definition) is 4. The number of nitrogens with zero attached hydrogens (tertiary/aromatic N) is 2. The first kappa shape index (κ1) is 19.5. The summed E-state index contributed by atoms with van der Waals surface area (Å²) in [4.78, 5) is 32.6. The van der Waals surface area contributed by atoms with Crippen LogP contribution in [-0.2, 0) is 4.74 Å². The number of H-pyrrole nitrogens is 1. The third kappa shape index (κ3) is 3.26. The smallest absolute Gasteiger partial charge is 0.345 e. The van der Waals surface area contributed by atoms with E-state index < -0.39 is 23.2 Å². The number of imidazole rings is 1. The van der Waals surface area contributed by atoms with Gasteiger partial charge in [0, 0.05) is 23.4 Å². The molecule has 4 aromatic rings. The number of carbonyl (C=O) groups excluding carboxylic acids is 1. The van der Waals surface area contributed by atoms with Crippen molar-refractivity contribution in [1.82, 2.24) is 14.4 Å². The molecule has 0 aliphatic heterocycles. The molecule has 0 radical (unpaired) electrons. The first-order chi connectivity index (χ1) is 14.4. The second-order valence-electron chi connectivity index (χ2n) is 6.69. The van der Waals surface area contributed by atoms with E-state index in [2.05, 4.69) is 9.97 Å². The first-order valence-electron chi connectivity index (χ1n) is 9.24. The molecule has 0 fully saturated rings. The monoisotopic (exact) mass is 409 g/mol. The summed E-state index contributed by atoms with van der Waals surface area (Å²) in [5, 5.41) is 0. The van der Waals surface area contributed by atoms with E-state index in [-0.39, 0.29) is 29.2 Å². The van der Waals surface area contributed by atoms with Crippen LogP contribution < -0.4 is 5.56 Å². The summed E-state index contributed by atoms with van der Waals surface area (Å²) < 4.78 is 34.3. The van der Waals surface area contributed by atoms with E-state index in [1.165, 1.54) is 12.3 Å². The Morgan fingerprint density at radius 3 is 2.57 bits per heavy atom. The summed E-state index contributed by atoms with van der Waals surface area (Å²) in [7, 11) is 0. The predicted molar refractivity (Wildman–Crippen MR) is 107 cm³/mol. The molecule has 2 heterocycles. The van der Waals surface area contributed by atoms with Crippen molar-refractivity contribution in [1.29, 1.82) is 0 Å². The van der Waals surface area contributed by atoms with E-state index in [0.717, 1.165) is 22.1 Å². The predicted octanol–water partition coefficient (Wildman–Crippen LogP) is 4.12. The number of esters is 1. The van der Waals surface area contributed by atoms with Crippen LogP contribution in [0, 0.1) is 18.6 Å². The van der Waals surface area contributed by atoms with E-state index in [9.17, 15) is 18.4 Å². The van der Waals surface area contributed by atoms with Crippen molar-refractivity contribution in [2.45, 2.75) is 13.8 Å². The Morgan fingerprint density at radius 1 is 1.17 bits per heavy atom. The fraction of sp³-hybridized carbons (Fsp3) is 0.136. The van der Waals surface area contributed by atoms with Crippen molar-refractivity contribution in [3.8, 4) is 22.5 Å². The molecule has 4 rings (SSSR count). The van der Waals surface area contributed by atoms with Crippen LogP contribution in [0.5, 0.6) is 0 Å². The zero-order chi connectivity index (χ0) is 21.4. The molecule has 0 saturated carbocycles. The summed E-state index contributed by atoms with van der Waals surface area (Å²) in [6.45, 7) is 3.63. The zero-order valence-electron chi connectivity index (χ0n) is 16.2. The van der Waals surface area contributed by atoms with Crippen molar-refractivity contribution in [2.75, 3.05) is 6.61 Å². The highest BCUT2D eigenvalue weighted by atomic mass is 19.1. The number of ether oxygens (including phenoxy) is 1. The van der Waals surface area contributed by atoms with Gasteiger partial charge < -0.3 is 9.72 Å². The number of aryl methyl sites for hydroxylation is 1. The Labute approximate surface area is 169 Å². The third-order valence-corrected chi connectivity index (χ3v) is 4.66. The average Bonchev–Trinajstić information content (AvgIpc) is 3.09. The second-order valence-corrected chi connectivity index (χ2v) is 6.69. The van der Waals surface area contributed by atoms with Crippen LogP contribution in [-0.4, -0.2) is 26.9 Å². The minimum absolute atomic E-state index is 0.0222. The molecule has 0 unspecified atom stereocenters. The standard InChI is InChI=1S/C22H17F2N3O3/c1-3-30-21(29)16-11-25-22-26-18(13-6-4-12(2)5-7-13)19(27(22)20(16)28)15-9-8-14(23)10-17(15)24/h4-11H,3H2,1-2H3,(H,25,26). The summed E-state index contributed by atoms with van der Waals surface area (Å²) in [5.41, 5.74) is 1.08. The maximum absolute atomic E-state index is 14.7. The number of benzene rings is 2. The van der Waals surface area contributed by atoms with E-state index in [1.54, 1.807) is 19.1 Å². The molecular weight excluding hydrogens is 392 g/mol. The maximum Gasteiger partial charge on any atom is 0.345 e. The van der Waals surface area contributed by atoms with Gasteiger partial charge in [-0.2, -0.15) is 0 Å². The summed E-state index contributed by atoms with van der Waals surface area (Å²) in [6.07, 6.45) is 1.21. The lowest BCUT2D eigenvalue weighted by molar-refractivity contribution is 0.0523. The Bertz CT molecular complexity index is 1320. The van der Waals surface area contributed by atoms with Gasteiger partial charge >= 0.3 is 5.97 Å². The first-order valence-corrected chi connectivity index (χ1v) is 9.24. The molecule has 0 bridgehead atoms. The molecule has 0 amide bonds. The van der Waals surface area contributed by atoms with Crippen LogP contribution in [0.2, 0.25) is 0 Å². The molecule has 0 saturated heterocycles. The van der Waals surface area contributed by atoms with E-state index >= 15 is 0 Å². The highest BCUT2D eigenvalue weighted by Crippen LogP contribution is 2.33. The summed E-state index contributed by atoms with van der Waals surface area (Å²) >= 11 is 0. The SMILES string of the molecule is CCOC(=O)c1c[nH]c2nc(-c3ccc(C)cc3)c(-c3ccc(F)cc3F)n2c1=O. The van der Waals surface area contributed by atoms with Gasteiger partial charge in [0.05, 0.1) is 18.0 Å². The molecular formula is C22H17F2N3O3. The van der Waals surface area contributed by atoms with Crippen LogP contribution in [0.1, 0.15) is 22.8 Å². The number of aromatic nitrogens is 3. The van der Waals surface area contributed by atoms with Crippen molar-refractivity contribution in [3.05, 3.63) is 81.8 Å². The lowest BCUT2D eigenvalue weighted by atomic mass is 10.0. The molecule has 8 heteroatoms. The molecule has 2 aromatic carbocycles. The maximum atomic E-state index is 14.7. The number of fused-ring (bicyclic) bond motifs is 1. The van der Waals surface area contributed by atoms with Crippen molar-refractivity contribution < 1.29 is 18.3 Å². The fourth-order valence-corrected chi connectivity index (χ4v) is 3.23. The third-order valence-electron chi connectivity index (χ3n) is 4.66. The quantitative estimate of drug-likeness (QED) is 0.515. The summed E-state index contributed by atoms with van der Waals surface area (Å²) in [5.74, 6) is -2.30. The highest BCUT2D eigenvalue weighted by Gasteiger charge is 2.24. The largest absolute Gasteiger partial charge is 0.462 e. The molecule has 6 nitrogen and oxygen atoms in total. The van der Waals surface area contributed by atoms with E-state index in [1.807, 2.05) is 19.1 Å². The van der Waals surface area contributed by atoms with Crippen LogP contribution >= 0.6 is 0 Å². The fourth-order valence-electron chi connectivity index (χ4n) is 3.23. The Balaban J connectivity index is 2.09. The van der Waals surface area contributed by atoms with Crippen LogP contribution in [0.25, 0.3) is 28.3 Å². The van der Waals surface area contributed by atoms with Gasteiger partial charge in [-0.05, 0) is 26.0 Å². The second kappa shape index (κ2) is 7.55. The normalized spacial score (nSPS) is 11.1. The zero-order valence-corrected chi connectivity index (χ0v) is 16.2. The summed E-state index contributed by atoms with van der Waals surface area (Å²) in [6, 6.07) is 10.4. The molecule has 2 aromatic heterocycles. The molecule has 0 aliphatic carbocycles. The molecule has 1 N–H and O–H groups in total. The average molecular weight is 409 g/mol. The van der Waals surface area contributed by atoms with Crippen molar-refractivity contribution >= 4 is 11.7 Å². The molecule has 152 valence electrons. The Hall–Kier alpha value is -3.81. The van der Waals surface area contributed by atoms with Gasteiger partial charge in [0.1, 0.15) is 17.2 Å². The number of aromatic amines is 1. The van der Waals surface area contributed by atoms with Crippen molar-refractivity contribution in [3.63, 3.8) is 0 Å². The Morgan fingerprint density at radius 2 is 1.90 bits per heavy atom. The number of rotatable bonds is 4. The minimum atomic E-state index is -0.855. The number of nitrogens with one attached hydrogen (secondary N) is 1. The highest BCUT2D eigenvalue weighted by molar-refractivity contribution is 5.89. The van der Waals surface area contributed by atoms with Crippen molar-refractivity contribution in [2.24, 2.45) is 0 Å². The van der Waals surface area contributed by atoms with Crippen LogP contribution in [0.4, 0.5) is 8.78 Å². The number of carbonyl (C=O) groups is 1. The molecule has 30 heavy (non-hydrogen) atoms. The molecule has 0 spiro atoms. The van der Waals surface area contributed by atoms with Gasteiger partial charge in [-0.3, -0.25) is 4.79 Å². The van der Waals surface area contributed by atoms with Gasteiger partial charge in [0.25, 0.3) is 5.56 Å². The lowest BCUT2D eigenvalue weighted by Crippen LogP contribution is -2.24. The Kier molecular flexibility index (Phi) is 4.91. The molecule has 0 aliphatic rings. The lowest BCUT2D eigenvalue weighted by Gasteiger charge is -2.08. The topological polar surface area (TPSA) is 76.5 Å². The van der Waals surface area contributed by atoms with Crippen LogP contribution in [0.3, 0.4) is 0 Å². The molecule has 0 atom stereocenters. The van der Waals surface area contributed by atoms with Gasteiger partial charge in [0.15, 0.2) is 0 Å². The van der Waals surface area contributed by atoms with Gasteiger partial charge in [0.2, 0.25) is 5.78 Å². The van der Waals surface area contributed by atoms with E-state index in [0.29, 0.717) is 11.3 Å². The number of halogens is 2. The minimum Gasteiger partial charge on any atom is -0.462 e.